The number of esters is 3. The van der Waals surface area contributed by atoms with Gasteiger partial charge in [-0.2, -0.15) is 0 Å². The summed E-state index contributed by atoms with van der Waals surface area (Å²) in [6.07, 6.45) is 74.8. The number of unbranched alkanes of at least 4 members (excludes halogenated alkanes) is 31. The fourth-order valence-electron chi connectivity index (χ4n) is 8.36. The van der Waals surface area contributed by atoms with Crippen LogP contribution in [0.3, 0.4) is 0 Å². The minimum absolute atomic E-state index is 0.0838. The van der Waals surface area contributed by atoms with Crippen molar-refractivity contribution in [3.63, 3.8) is 0 Å². The van der Waals surface area contributed by atoms with Crippen LogP contribution in [0, 0.1) is 0 Å². The molecule has 70 heavy (non-hydrogen) atoms. The predicted molar refractivity (Wildman–Crippen MR) is 302 cm³/mol. The van der Waals surface area contributed by atoms with Gasteiger partial charge >= 0.3 is 17.9 Å². The summed E-state index contributed by atoms with van der Waals surface area (Å²) in [6.45, 7) is 6.53. The van der Waals surface area contributed by atoms with E-state index in [0.717, 1.165) is 109 Å². The molecule has 0 aromatic carbocycles. The smallest absolute Gasteiger partial charge is 0.306 e. The maximum atomic E-state index is 12.8. The van der Waals surface area contributed by atoms with Gasteiger partial charge in [0.2, 0.25) is 0 Å². The van der Waals surface area contributed by atoms with Gasteiger partial charge in [0.15, 0.2) is 6.10 Å². The Morgan fingerprint density at radius 1 is 0.286 bits per heavy atom. The van der Waals surface area contributed by atoms with Crippen molar-refractivity contribution in [3.05, 3.63) is 72.9 Å². The van der Waals surface area contributed by atoms with E-state index in [9.17, 15) is 14.4 Å². The average molecular weight is 978 g/mol. The summed E-state index contributed by atoms with van der Waals surface area (Å²) in [5, 5.41) is 0. The molecule has 0 aromatic heterocycles. The fraction of sp³-hybridized carbons (Fsp3) is 0.766. The predicted octanol–water partition coefficient (Wildman–Crippen LogP) is 20.2. The SMILES string of the molecule is CCC/C=C\C/C=C\CCCCCCCC(=O)OC(COC(=O)CCCCCCC/C=C\CCCCC)COC(=O)CCCCCCCCCCCCCC/C=C\C/C=C\C/C=C\CCCCCCC. The first kappa shape index (κ1) is 66.9. The summed E-state index contributed by atoms with van der Waals surface area (Å²) < 4.78 is 16.8. The number of carbonyl (C=O) groups is 3. The molecule has 1 atom stereocenters. The summed E-state index contributed by atoms with van der Waals surface area (Å²) in [5.74, 6) is -0.902. The Morgan fingerprint density at radius 2 is 0.543 bits per heavy atom. The number of allylic oxidation sites excluding steroid dienone is 12. The molecule has 0 bridgehead atoms. The Kier molecular flexibility index (Phi) is 55.8. The number of ether oxygens (including phenoxy) is 3. The number of hydrogen-bond acceptors (Lipinski definition) is 6. The van der Waals surface area contributed by atoms with Crippen LogP contribution < -0.4 is 0 Å². The van der Waals surface area contributed by atoms with Crippen LogP contribution in [0.15, 0.2) is 72.9 Å². The van der Waals surface area contributed by atoms with E-state index in [4.69, 9.17) is 14.2 Å². The first-order chi connectivity index (χ1) is 34.5. The highest BCUT2D eigenvalue weighted by atomic mass is 16.6. The minimum Gasteiger partial charge on any atom is -0.462 e. The topological polar surface area (TPSA) is 78.9 Å². The molecule has 6 heteroatoms. The summed E-state index contributed by atoms with van der Waals surface area (Å²) in [6, 6.07) is 0. The zero-order chi connectivity index (χ0) is 50.7. The largest absolute Gasteiger partial charge is 0.462 e. The van der Waals surface area contributed by atoms with E-state index in [2.05, 4.69) is 93.7 Å². The first-order valence-corrected chi connectivity index (χ1v) is 29.9. The monoisotopic (exact) mass is 977 g/mol. The molecule has 0 heterocycles. The van der Waals surface area contributed by atoms with Crippen LogP contribution in [-0.4, -0.2) is 37.2 Å². The lowest BCUT2D eigenvalue weighted by molar-refractivity contribution is -0.167. The van der Waals surface area contributed by atoms with Crippen LogP contribution in [0.25, 0.3) is 0 Å². The molecule has 0 aliphatic carbocycles. The van der Waals surface area contributed by atoms with Crippen molar-refractivity contribution >= 4 is 17.9 Å². The van der Waals surface area contributed by atoms with E-state index in [1.807, 2.05) is 0 Å². The van der Waals surface area contributed by atoms with Crippen molar-refractivity contribution < 1.29 is 28.6 Å². The molecule has 0 saturated carbocycles. The highest BCUT2D eigenvalue weighted by Crippen LogP contribution is 2.15. The van der Waals surface area contributed by atoms with E-state index in [-0.39, 0.29) is 31.1 Å². The van der Waals surface area contributed by atoms with Gasteiger partial charge in [-0.1, -0.05) is 241 Å². The lowest BCUT2D eigenvalue weighted by Crippen LogP contribution is -2.30. The Hall–Kier alpha value is -3.15. The summed E-state index contributed by atoms with van der Waals surface area (Å²) in [5.41, 5.74) is 0. The molecule has 0 saturated heterocycles. The van der Waals surface area contributed by atoms with Crippen LogP contribution >= 0.6 is 0 Å². The van der Waals surface area contributed by atoms with E-state index < -0.39 is 6.10 Å². The second-order valence-corrected chi connectivity index (χ2v) is 19.9. The molecule has 0 fully saturated rings. The molecule has 6 nitrogen and oxygen atoms in total. The molecular weight excluding hydrogens is 865 g/mol. The molecule has 0 rings (SSSR count). The van der Waals surface area contributed by atoms with Gasteiger partial charge in [-0.3, -0.25) is 14.4 Å². The van der Waals surface area contributed by atoms with Crippen LogP contribution in [0.2, 0.25) is 0 Å². The number of hydrogen-bond donors (Lipinski definition) is 0. The van der Waals surface area contributed by atoms with Gasteiger partial charge in [0, 0.05) is 19.3 Å². The lowest BCUT2D eigenvalue weighted by Gasteiger charge is -2.18. The van der Waals surface area contributed by atoms with E-state index in [1.165, 1.54) is 148 Å². The van der Waals surface area contributed by atoms with Gasteiger partial charge in [0.1, 0.15) is 13.2 Å². The van der Waals surface area contributed by atoms with Crippen LogP contribution in [0.4, 0.5) is 0 Å². The van der Waals surface area contributed by atoms with E-state index in [1.54, 1.807) is 0 Å². The zero-order valence-electron chi connectivity index (χ0n) is 46.3. The van der Waals surface area contributed by atoms with Crippen molar-refractivity contribution in [3.8, 4) is 0 Å². The van der Waals surface area contributed by atoms with Gasteiger partial charge in [0.25, 0.3) is 0 Å². The standard InChI is InChI=1S/C64H112O6/c1-4-7-10-13-16-19-22-25-26-27-28-29-30-31-32-33-34-35-36-37-38-40-42-45-48-51-54-57-63(66)69-60-61(59-68-62(65)56-53-50-47-44-41-24-21-18-15-12-9-6-3)70-64(67)58-55-52-49-46-43-39-23-20-17-14-11-8-5-2/h11,14,18,20-23,25,27-28,30-31,61H,4-10,12-13,15-17,19,24,26,29,32-60H2,1-3H3/b14-11-,21-18-,23-20-,25-22-,28-27-,31-30-. The molecule has 0 aromatic rings. The average Bonchev–Trinajstić information content (AvgIpc) is 3.36. The van der Waals surface area contributed by atoms with E-state index >= 15 is 0 Å². The first-order valence-electron chi connectivity index (χ1n) is 29.9. The highest BCUT2D eigenvalue weighted by molar-refractivity contribution is 5.71. The molecule has 0 aliphatic heterocycles. The highest BCUT2D eigenvalue weighted by Gasteiger charge is 2.19. The summed E-state index contributed by atoms with van der Waals surface area (Å²) in [7, 11) is 0. The third-order valence-electron chi connectivity index (χ3n) is 12.9. The van der Waals surface area contributed by atoms with Crippen LogP contribution in [-0.2, 0) is 28.6 Å². The summed E-state index contributed by atoms with van der Waals surface area (Å²) >= 11 is 0. The Labute approximate surface area is 433 Å². The van der Waals surface area contributed by atoms with Gasteiger partial charge < -0.3 is 14.2 Å². The Balaban J connectivity index is 4.23. The third kappa shape index (κ3) is 55.8. The molecule has 1 unspecified atom stereocenters. The quantitative estimate of drug-likeness (QED) is 0.0261. The number of carbonyl (C=O) groups excluding carboxylic acids is 3. The molecule has 404 valence electrons. The minimum atomic E-state index is -0.786. The van der Waals surface area contributed by atoms with Crippen molar-refractivity contribution in [2.75, 3.05) is 13.2 Å². The maximum Gasteiger partial charge on any atom is 0.306 e. The molecule has 0 aliphatic rings. The number of rotatable bonds is 54. The lowest BCUT2D eigenvalue weighted by atomic mass is 10.0. The molecule has 0 amide bonds. The Morgan fingerprint density at radius 3 is 0.900 bits per heavy atom. The van der Waals surface area contributed by atoms with Crippen molar-refractivity contribution in [1.29, 1.82) is 0 Å². The van der Waals surface area contributed by atoms with E-state index in [0.29, 0.717) is 19.3 Å². The normalized spacial score (nSPS) is 12.6. The maximum absolute atomic E-state index is 12.8. The van der Waals surface area contributed by atoms with Crippen LogP contribution in [0.1, 0.15) is 297 Å². The second-order valence-electron chi connectivity index (χ2n) is 19.9. The Bertz CT molecular complexity index is 1310. The third-order valence-corrected chi connectivity index (χ3v) is 12.9. The molecule has 0 spiro atoms. The van der Waals surface area contributed by atoms with Gasteiger partial charge in [-0.25, -0.2) is 0 Å². The van der Waals surface area contributed by atoms with Crippen molar-refractivity contribution in [2.24, 2.45) is 0 Å². The van der Waals surface area contributed by atoms with Gasteiger partial charge in [0.05, 0.1) is 0 Å². The van der Waals surface area contributed by atoms with Gasteiger partial charge in [-0.15, -0.1) is 0 Å². The zero-order valence-corrected chi connectivity index (χ0v) is 46.3. The molecule has 0 N–H and O–H groups in total. The summed E-state index contributed by atoms with van der Waals surface area (Å²) in [4.78, 5) is 38.1. The molecular formula is C64H112O6. The van der Waals surface area contributed by atoms with Gasteiger partial charge in [-0.05, 0) is 109 Å². The fourth-order valence-corrected chi connectivity index (χ4v) is 8.36. The van der Waals surface area contributed by atoms with Crippen molar-refractivity contribution in [2.45, 2.75) is 303 Å². The second kappa shape index (κ2) is 58.4. The van der Waals surface area contributed by atoms with Crippen LogP contribution in [0.5, 0.6) is 0 Å². The van der Waals surface area contributed by atoms with Crippen molar-refractivity contribution in [1.82, 2.24) is 0 Å². The molecule has 0 radical (unpaired) electrons.